The number of hydrogen-bond donors (Lipinski definition) is 1. The summed E-state index contributed by atoms with van der Waals surface area (Å²) >= 11 is 3.47. The van der Waals surface area contributed by atoms with Gasteiger partial charge in [-0.3, -0.25) is 0 Å². The Labute approximate surface area is 135 Å². The molecule has 0 radical (unpaired) electrons. The SMILES string of the molecule is CCCCOc1cccc(-c2c(N)sc(SC)c2CC)c1. The van der Waals surface area contributed by atoms with Gasteiger partial charge in [0.15, 0.2) is 0 Å². The van der Waals surface area contributed by atoms with E-state index in [-0.39, 0.29) is 0 Å². The van der Waals surface area contributed by atoms with Crippen LogP contribution in [-0.4, -0.2) is 12.9 Å². The fraction of sp³-hybridized carbons (Fsp3) is 0.412. The lowest BCUT2D eigenvalue weighted by Crippen LogP contribution is -1.96. The zero-order chi connectivity index (χ0) is 15.2. The average Bonchev–Trinajstić information content (AvgIpc) is 2.83. The number of anilines is 1. The molecule has 0 saturated heterocycles. The first-order chi connectivity index (χ1) is 10.2. The normalized spacial score (nSPS) is 10.8. The van der Waals surface area contributed by atoms with Gasteiger partial charge >= 0.3 is 0 Å². The van der Waals surface area contributed by atoms with E-state index in [0.717, 1.165) is 42.2 Å². The van der Waals surface area contributed by atoms with Crippen LogP contribution in [0, 0.1) is 0 Å². The second-order valence-electron chi connectivity index (χ2n) is 4.89. The van der Waals surface area contributed by atoms with Gasteiger partial charge in [-0.2, -0.15) is 0 Å². The second-order valence-corrected chi connectivity index (χ2v) is 7.02. The Morgan fingerprint density at radius 1 is 1.29 bits per heavy atom. The topological polar surface area (TPSA) is 35.2 Å². The van der Waals surface area contributed by atoms with Crippen LogP contribution in [-0.2, 0) is 6.42 Å². The molecule has 0 atom stereocenters. The summed E-state index contributed by atoms with van der Waals surface area (Å²) in [5.41, 5.74) is 9.97. The molecule has 0 spiro atoms. The molecule has 2 rings (SSSR count). The largest absolute Gasteiger partial charge is 0.494 e. The Balaban J connectivity index is 2.33. The van der Waals surface area contributed by atoms with Gasteiger partial charge in [0.05, 0.1) is 15.8 Å². The van der Waals surface area contributed by atoms with E-state index in [1.165, 1.54) is 15.3 Å². The molecule has 0 aliphatic carbocycles. The first-order valence-electron chi connectivity index (χ1n) is 7.39. The van der Waals surface area contributed by atoms with E-state index >= 15 is 0 Å². The van der Waals surface area contributed by atoms with Gasteiger partial charge in [-0.15, -0.1) is 23.1 Å². The zero-order valence-corrected chi connectivity index (χ0v) is 14.6. The minimum Gasteiger partial charge on any atom is -0.494 e. The first kappa shape index (κ1) is 16.2. The van der Waals surface area contributed by atoms with Crippen LogP contribution >= 0.6 is 23.1 Å². The average molecular weight is 322 g/mol. The number of nitrogens with two attached hydrogens (primary N) is 1. The van der Waals surface area contributed by atoms with Crippen LogP contribution < -0.4 is 10.5 Å². The zero-order valence-electron chi connectivity index (χ0n) is 12.9. The Kier molecular flexibility index (Phi) is 6.00. The van der Waals surface area contributed by atoms with Crippen molar-refractivity contribution in [3.8, 4) is 16.9 Å². The van der Waals surface area contributed by atoms with E-state index in [9.17, 15) is 0 Å². The summed E-state index contributed by atoms with van der Waals surface area (Å²) in [4.78, 5) is 0. The van der Waals surface area contributed by atoms with Crippen LogP contribution in [0.4, 0.5) is 5.00 Å². The summed E-state index contributed by atoms with van der Waals surface area (Å²) in [6.45, 7) is 5.13. The van der Waals surface area contributed by atoms with Gasteiger partial charge in [0.1, 0.15) is 5.75 Å². The fourth-order valence-electron chi connectivity index (χ4n) is 2.34. The van der Waals surface area contributed by atoms with E-state index in [1.54, 1.807) is 23.1 Å². The van der Waals surface area contributed by atoms with Crippen molar-refractivity contribution < 1.29 is 4.74 Å². The summed E-state index contributed by atoms with van der Waals surface area (Å²) in [6.07, 6.45) is 5.34. The van der Waals surface area contributed by atoms with Crippen molar-refractivity contribution in [2.45, 2.75) is 37.3 Å². The van der Waals surface area contributed by atoms with Crippen LogP contribution in [0.3, 0.4) is 0 Å². The van der Waals surface area contributed by atoms with Gasteiger partial charge in [-0.05, 0) is 42.4 Å². The predicted octanol–water partition coefficient (Wildman–Crippen LogP) is 5.46. The summed E-state index contributed by atoms with van der Waals surface area (Å²) < 4.78 is 7.13. The Morgan fingerprint density at radius 2 is 2.10 bits per heavy atom. The Bertz CT molecular complexity index is 592. The summed E-state index contributed by atoms with van der Waals surface area (Å²) in [6, 6.07) is 8.29. The van der Waals surface area contributed by atoms with Crippen molar-refractivity contribution in [3.05, 3.63) is 29.8 Å². The van der Waals surface area contributed by atoms with E-state index in [1.807, 2.05) is 12.1 Å². The molecule has 0 aliphatic rings. The highest BCUT2D eigenvalue weighted by atomic mass is 32.2. The summed E-state index contributed by atoms with van der Waals surface area (Å²) in [5.74, 6) is 0.930. The van der Waals surface area contributed by atoms with Crippen molar-refractivity contribution in [1.82, 2.24) is 0 Å². The van der Waals surface area contributed by atoms with Crippen molar-refractivity contribution in [3.63, 3.8) is 0 Å². The van der Waals surface area contributed by atoms with Gasteiger partial charge in [0, 0.05) is 5.56 Å². The van der Waals surface area contributed by atoms with Gasteiger partial charge in [-0.1, -0.05) is 32.4 Å². The molecule has 1 aromatic heterocycles. The number of hydrogen-bond acceptors (Lipinski definition) is 4. The van der Waals surface area contributed by atoms with Crippen LogP contribution in [0.5, 0.6) is 5.75 Å². The van der Waals surface area contributed by atoms with Crippen molar-refractivity contribution in [2.24, 2.45) is 0 Å². The lowest BCUT2D eigenvalue weighted by molar-refractivity contribution is 0.309. The van der Waals surface area contributed by atoms with E-state index in [2.05, 4.69) is 32.2 Å². The number of rotatable bonds is 7. The molecule has 2 nitrogen and oxygen atoms in total. The molecule has 114 valence electrons. The highest BCUT2D eigenvalue weighted by Crippen LogP contribution is 2.43. The van der Waals surface area contributed by atoms with Crippen molar-refractivity contribution in [2.75, 3.05) is 18.6 Å². The van der Waals surface area contributed by atoms with Gasteiger partial charge in [0.25, 0.3) is 0 Å². The molecule has 1 aromatic carbocycles. The van der Waals surface area contributed by atoms with Crippen LogP contribution in [0.25, 0.3) is 11.1 Å². The van der Waals surface area contributed by atoms with Gasteiger partial charge in [0.2, 0.25) is 0 Å². The molecule has 2 N–H and O–H groups in total. The number of ether oxygens (including phenoxy) is 1. The molecule has 4 heteroatoms. The molecule has 0 fully saturated rings. The molecule has 1 heterocycles. The quantitative estimate of drug-likeness (QED) is 0.543. The van der Waals surface area contributed by atoms with E-state index in [0.29, 0.717) is 0 Å². The number of nitrogen functional groups attached to an aromatic ring is 1. The molecular weight excluding hydrogens is 298 g/mol. The molecule has 0 saturated carbocycles. The first-order valence-corrected chi connectivity index (χ1v) is 9.43. The van der Waals surface area contributed by atoms with Gasteiger partial charge in [-0.25, -0.2) is 0 Å². The third-order valence-corrected chi connectivity index (χ3v) is 5.65. The number of thioether (sulfide) groups is 1. The lowest BCUT2D eigenvalue weighted by atomic mass is 10.0. The second kappa shape index (κ2) is 7.76. The molecule has 0 unspecified atom stereocenters. The molecular formula is C17H23NOS2. The number of unbranched alkanes of at least 4 members (excludes halogenated alkanes) is 1. The third-order valence-electron chi connectivity index (χ3n) is 3.43. The molecule has 21 heavy (non-hydrogen) atoms. The highest BCUT2D eigenvalue weighted by Gasteiger charge is 2.16. The summed E-state index contributed by atoms with van der Waals surface area (Å²) in [5, 5.41) is 0.905. The van der Waals surface area contributed by atoms with Crippen LogP contribution in [0.2, 0.25) is 0 Å². The van der Waals surface area contributed by atoms with Gasteiger partial charge < -0.3 is 10.5 Å². The highest BCUT2D eigenvalue weighted by molar-refractivity contribution is 8.00. The minimum atomic E-state index is 0.774. The summed E-state index contributed by atoms with van der Waals surface area (Å²) in [7, 11) is 0. The number of thiophene rings is 1. The smallest absolute Gasteiger partial charge is 0.119 e. The number of benzene rings is 1. The minimum absolute atomic E-state index is 0.774. The molecule has 0 amide bonds. The van der Waals surface area contributed by atoms with E-state index < -0.39 is 0 Å². The monoisotopic (exact) mass is 321 g/mol. The predicted molar refractivity (Wildman–Crippen MR) is 95.7 cm³/mol. The van der Waals surface area contributed by atoms with Crippen molar-refractivity contribution in [1.29, 1.82) is 0 Å². The third kappa shape index (κ3) is 3.74. The maximum Gasteiger partial charge on any atom is 0.119 e. The Morgan fingerprint density at radius 3 is 2.76 bits per heavy atom. The Hall–Kier alpha value is -1.13. The molecule has 0 aliphatic heterocycles. The molecule has 2 aromatic rings. The van der Waals surface area contributed by atoms with Crippen LogP contribution in [0.1, 0.15) is 32.3 Å². The van der Waals surface area contributed by atoms with Crippen LogP contribution in [0.15, 0.2) is 28.5 Å². The molecule has 0 bridgehead atoms. The van der Waals surface area contributed by atoms with Crippen molar-refractivity contribution >= 4 is 28.1 Å². The standard InChI is InChI=1S/C17H23NOS2/c1-4-6-10-19-13-9-7-8-12(11-13)15-14(5-2)17(20-3)21-16(15)18/h7-9,11H,4-6,10,18H2,1-3H3. The fourth-order valence-corrected chi connectivity index (χ4v) is 4.35. The van der Waals surface area contributed by atoms with E-state index in [4.69, 9.17) is 10.5 Å². The maximum atomic E-state index is 6.26. The maximum absolute atomic E-state index is 6.26. The lowest BCUT2D eigenvalue weighted by Gasteiger charge is -2.09.